The number of hydrogen-bond acceptors (Lipinski definition) is 3. The molecule has 1 N–H and O–H groups in total. The van der Waals surface area contributed by atoms with Gasteiger partial charge in [0, 0.05) is 18.9 Å². The minimum absolute atomic E-state index is 0.0679. The summed E-state index contributed by atoms with van der Waals surface area (Å²) in [5.74, 6) is -0.0679. The molecule has 2 rings (SSSR count). The average molecular weight is 261 g/mol. The first kappa shape index (κ1) is 13.3. The van der Waals surface area contributed by atoms with Gasteiger partial charge in [0.05, 0.1) is 17.9 Å². The summed E-state index contributed by atoms with van der Waals surface area (Å²) < 4.78 is 3.47. The lowest BCUT2D eigenvalue weighted by Crippen LogP contribution is -2.30. The van der Waals surface area contributed by atoms with Gasteiger partial charge in [0.15, 0.2) is 0 Å². The van der Waals surface area contributed by atoms with E-state index in [0.717, 1.165) is 17.8 Å². The average Bonchev–Trinajstić information content (AvgIpc) is 2.98. The van der Waals surface area contributed by atoms with Gasteiger partial charge in [-0.15, -0.1) is 0 Å². The van der Waals surface area contributed by atoms with Gasteiger partial charge >= 0.3 is 0 Å². The highest BCUT2D eigenvalue weighted by Crippen LogP contribution is 2.09. The molecule has 1 atom stereocenters. The van der Waals surface area contributed by atoms with E-state index in [4.69, 9.17) is 0 Å². The fraction of sp³-hybridized carbons (Fsp3) is 0.462. The molecular formula is C13H19N5O. The first-order valence-corrected chi connectivity index (χ1v) is 6.40. The normalized spacial score (nSPS) is 12.4. The molecular weight excluding hydrogens is 242 g/mol. The number of carbonyl (C=O) groups excluding carboxylic acids is 1. The lowest BCUT2D eigenvalue weighted by molar-refractivity contribution is -0.122. The van der Waals surface area contributed by atoms with E-state index in [1.54, 1.807) is 10.9 Å². The Hall–Kier alpha value is -2.11. The summed E-state index contributed by atoms with van der Waals surface area (Å²) >= 11 is 0. The number of amides is 1. The molecule has 102 valence electrons. The summed E-state index contributed by atoms with van der Waals surface area (Å²) in [4.78, 5) is 11.9. The molecule has 6 nitrogen and oxygen atoms in total. The predicted octanol–water partition coefficient (Wildman–Crippen LogP) is 1.29. The maximum absolute atomic E-state index is 11.9. The fourth-order valence-electron chi connectivity index (χ4n) is 1.85. The quantitative estimate of drug-likeness (QED) is 0.882. The molecule has 2 aromatic rings. The number of nitrogens with zero attached hydrogens (tertiary/aromatic N) is 4. The second-order valence-electron chi connectivity index (χ2n) is 4.60. The molecule has 2 heterocycles. The van der Waals surface area contributed by atoms with Gasteiger partial charge in [-0.05, 0) is 32.4 Å². The lowest BCUT2D eigenvalue weighted by atomic mass is 10.2. The molecule has 0 saturated heterocycles. The Balaban J connectivity index is 1.91. The highest BCUT2D eigenvalue weighted by molar-refractivity contribution is 5.76. The molecule has 0 radical (unpaired) electrons. The van der Waals surface area contributed by atoms with Gasteiger partial charge in [-0.25, -0.2) is 0 Å². The van der Waals surface area contributed by atoms with Crippen molar-refractivity contribution in [2.75, 3.05) is 0 Å². The van der Waals surface area contributed by atoms with Crippen molar-refractivity contribution >= 4 is 5.91 Å². The zero-order valence-electron chi connectivity index (χ0n) is 11.5. The molecule has 0 saturated carbocycles. The maximum Gasteiger partial charge on any atom is 0.242 e. The number of aromatic nitrogens is 4. The zero-order chi connectivity index (χ0) is 13.8. The van der Waals surface area contributed by atoms with Crippen molar-refractivity contribution in [3.05, 3.63) is 35.9 Å². The molecule has 0 fully saturated rings. The minimum Gasteiger partial charge on any atom is -0.346 e. The van der Waals surface area contributed by atoms with Crippen LogP contribution in [-0.4, -0.2) is 25.5 Å². The number of hydrogen-bond donors (Lipinski definition) is 1. The van der Waals surface area contributed by atoms with Gasteiger partial charge in [-0.1, -0.05) is 0 Å². The van der Waals surface area contributed by atoms with E-state index < -0.39 is 0 Å². The van der Waals surface area contributed by atoms with Crippen LogP contribution in [0, 0.1) is 6.92 Å². The molecule has 19 heavy (non-hydrogen) atoms. The van der Waals surface area contributed by atoms with Crippen LogP contribution in [0.5, 0.6) is 0 Å². The molecule has 0 aliphatic carbocycles. The third-order valence-corrected chi connectivity index (χ3v) is 2.87. The smallest absolute Gasteiger partial charge is 0.242 e. The van der Waals surface area contributed by atoms with Gasteiger partial charge in [0.25, 0.3) is 0 Å². The Labute approximate surface area is 112 Å². The first-order valence-electron chi connectivity index (χ1n) is 6.40. The largest absolute Gasteiger partial charge is 0.346 e. The number of aryl methyl sites for hydroxylation is 2. The van der Waals surface area contributed by atoms with E-state index in [9.17, 15) is 4.79 Å². The van der Waals surface area contributed by atoms with Crippen molar-refractivity contribution in [1.82, 2.24) is 24.9 Å². The van der Waals surface area contributed by atoms with E-state index in [0.29, 0.717) is 0 Å². The number of rotatable bonds is 5. The van der Waals surface area contributed by atoms with Crippen LogP contribution in [0.15, 0.2) is 24.7 Å². The van der Waals surface area contributed by atoms with E-state index in [1.165, 1.54) is 0 Å². The van der Waals surface area contributed by atoms with Crippen LogP contribution in [0.25, 0.3) is 0 Å². The van der Waals surface area contributed by atoms with Gasteiger partial charge in [0.1, 0.15) is 6.54 Å². The van der Waals surface area contributed by atoms with Crippen molar-refractivity contribution in [2.45, 2.75) is 39.9 Å². The maximum atomic E-state index is 11.9. The topological polar surface area (TPSA) is 64.7 Å². The Kier molecular flexibility index (Phi) is 3.99. The Bertz CT molecular complexity index is 557. The minimum atomic E-state index is -0.100. The van der Waals surface area contributed by atoms with E-state index in [1.807, 2.05) is 43.9 Å². The van der Waals surface area contributed by atoms with Gasteiger partial charge < -0.3 is 5.32 Å². The summed E-state index contributed by atoms with van der Waals surface area (Å²) in [5, 5.41) is 11.4. The monoisotopic (exact) mass is 261 g/mol. The predicted molar refractivity (Wildman–Crippen MR) is 71.4 cm³/mol. The van der Waals surface area contributed by atoms with E-state index in [2.05, 4.69) is 15.5 Å². The molecule has 1 amide bonds. The van der Waals surface area contributed by atoms with Crippen molar-refractivity contribution < 1.29 is 4.79 Å². The van der Waals surface area contributed by atoms with Crippen molar-refractivity contribution in [3.63, 3.8) is 0 Å². The van der Waals surface area contributed by atoms with Crippen LogP contribution in [0.3, 0.4) is 0 Å². The zero-order valence-corrected chi connectivity index (χ0v) is 11.5. The first-order chi connectivity index (χ1) is 9.08. The standard InChI is InChI=1S/C13H19N5O/c1-4-17-6-5-12(16-17)11(3)15-13(19)9-18-8-10(2)7-14-18/h5-8,11H,4,9H2,1-3H3,(H,15,19). The van der Waals surface area contributed by atoms with Crippen LogP contribution in [0.2, 0.25) is 0 Å². The van der Waals surface area contributed by atoms with Crippen molar-refractivity contribution in [1.29, 1.82) is 0 Å². The summed E-state index contributed by atoms with van der Waals surface area (Å²) in [6.07, 6.45) is 5.49. The molecule has 0 aliphatic heterocycles. The SMILES string of the molecule is CCn1ccc(C(C)NC(=O)Cn2cc(C)cn2)n1. The fourth-order valence-corrected chi connectivity index (χ4v) is 1.85. The van der Waals surface area contributed by atoms with Crippen LogP contribution < -0.4 is 5.32 Å². The molecule has 0 bridgehead atoms. The Morgan fingerprint density at radius 3 is 2.84 bits per heavy atom. The van der Waals surface area contributed by atoms with Crippen LogP contribution in [-0.2, 0) is 17.9 Å². The molecule has 0 spiro atoms. The summed E-state index contributed by atoms with van der Waals surface area (Å²) in [7, 11) is 0. The number of carbonyl (C=O) groups is 1. The van der Waals surface area contributed by atoms with E-state index in [-0.39, 0.29) is 18.5 Å². The Morgan fingerprint density at radius 2 is 2.26 bits per heavy atom. The molecule has 6 heteroatoms. The summed E-state index contributed by atoms with van der Waals surface area (Å²) in [6.45, 7) is 6.95. The third-order valence-electron chi connectivity index (χ3n) is 2.87. The summed E-state index contributed by atoms with van der Waals surface area (Å²) in [6, 6.07) is 1.82. The van der Waals surface area contributed by atoms with Crippen molar-refractivity contribution in [3.8, 4) is 0 Å². The lowest BCUT2D eigenvalue weighted by Gasteiger charge is -2.11. The van der Waals surface area contributed by atoms with Crippen LogP contribution >= 0.6 is 0 Å². The molecule has 0 aliphatic rings. The van der Waals surface area contributed by atoms with Gasteiger partial charge in [-0.3, -0.25) is 14.2 Å². The Morgan fingerprint density at radius 1 is 1.47 bits per heavy atom. The third kappa shape index (κ3) is 3.43. The second-order valence-corrected chi connectivity index (χ2v) is 4.60. The second kappa shape index (κ2) is 5.69. The van der Waals surface area contributed by atoms with Crippen LogP contribution in [0.4, 0.5) is 0 Å². The van der Waals surface area contributed by atoms with E-state index >= 15 is 0 Å². The van der Waals surface area contributed by atoms with Gasteiger partial charge in [0.2, 0.25) is 5.91 Å². The van der Waals surface area contributed by atoms with Gasteiger partial charge in [-0.2, -0.15) is 10.2 Å². The van der Waals surface area contributed by atoms with Crippen LogP contribution in [0.1, 0.15) is 31.1 Å². The summed E-state index contributed by atoms with van der Waals surface area (Å²) in [5.41, 5.74) is 1.91. The highest BCUT2D eigenvalue weighted by Gasteiger charge is 2.12. The molecule has 0 aromatic carbocycles. The molecule has 2 aromatic heterocycles. The molecule has 1 unspecified atom stereocenters. The highest BCUT2D eigenvalue weighted by atomic mass is 16.2. The van der Waals surface area contributed by atoms with Crippen molar-refractivity contribution in [2.24, 2.45) is 0 Å². The number of nitrogens with one attached hydrogen (secondary N) is 1.